The Kier molecular flexibility index (Phi) is 3.74. The fraction of sp³-hybridized carbons (Fsp3) is 0.333. The molecule has 1 aliphatic rings. The van der Waals surface area contributed by atoms with Gasteiger partial charge in [0.05, 0.1) is 16.4 Å². The van der Waals surface area contributed by atoms with E-state index in [-0.39, 0.29) is 0 Å². The largest absolute Gasteiger partial charge is 0.354 e. The quantitative estimate of drug-likeness (QED) is 0.866. The molecule has 0 amide bonds. The summed E-state index contributed by atoms with van der Waals surface area (Å²) < 4.78 is 0. The molecule has 2 aromatic rings. The third-order valence-electron chi connectivity index (χ3n) is 3.21. The van der Waals surface area contributed by atoms with Gasteiger partial charge in [0.15, 0.2) is 0 Å². The van der Waals surface area contributed by atoms with Crippen LogP contribution in [0.4, 0.5) is 17.5 Å². The van der Waals surface area contributed by atoms with Gasteiger partial charge in [0.2, 0.25) is 5.95 Å². The molecule has 2 N–H and O–H groups in total. The zero-order valence-corrected chi connectivity index (χ0v) is 12.1. The molecular weight excluding hydrogens is 272 g/mol. The van der Waals surface area contributed by atoms with Crippen molar-refractivity contribution in [1.29, 1.82) is 0 Å². The van der Waals surface area contributed by atoms with Crippen molar-refractivity contribution in [2.45, 2.75) is 25.7 Å². The molecule has 0 atom stereocenters. The molecule has 20 heavy (non-hydrogen) atoms. The van der Waals surface area contributed by atoms with Gasteiger partial charge in [0.25, 0.3) is 0 Å². The van der Waals surface area contributed by atoms with E-state index in [2.05, 4.69) is 20.6 Å². The number of rotatable bonds is 5. The molecule has 1 aromatic carbocycles. The van der Waals surface area contributed by atoms with Gasteiger partial charge in [-0.05, 0) is 31.9 Å². The number of hydrogen-bond donors (Lipinski definition) is 2. The Morgan fingerprint density at radius 3 is 2.75 bits per heavy atom. The van der Waals surface area contributed by atoms with E-state index >= 15 is 0 Å². The normalized spacial score (nSPS) is 14.1. The van der Waals surface area contributed by atoms with Crippen molar-refractivity contribution in [1.82, 2.24) is 9.97 Å². The lowest BCUT2D eigenvalue weighted by Crippen LogP contribution is -2.06. The number of nitrogens with zero attached hydrogens (tertiary/aromatic N) is 2. The molecule has 3 rings (SSSR count). The SMILES string of the molecule is CCNc1nc(Nc2ccccc2Cl)cc(C2CC2)n1. The third-order valence-corrected chi connectivity index (χ3v) is 3.54. The van der Waals surface area contributed by atoms with Crippen LogP contribution in [0, 0.1) is 0 Å². The van der Waals surface area contributed by atoms with Crippen LogP contribution in [-0.4, -0.2) is 16.5 Å². The fourth-order valence-electron chi connectivity index (χ4n) is 2.06. The minimum Gasteiger partial charge on any atom is -0.354 e. The lowest BCUT2D eigenvalue weighted by Gasteiger charge is -2.11. The first-order chi connectivity index (χ1) is 9.76. The van der Waals surface area contributed by atoms with Crippen LogP contribution in [0.15, 0.2) is 30.3 Å². The average molecular weight is 289 g/mol. The van der Waals surface area contributed by atoms with Crippen LogP contribution < -0.4 is 10.6 Å². The summed E-state index contributed by atoms with van der Waals surface area (Å²) in [6, 6.07) is 9.67. The number of halogens is 1. The van der Waals surface area contributed by atoms with E-state index in [0.717, 1.165) is 23.7 Å². The van der Waals surface area contributed by atoms with Gasteiger partial charge in [-0.3, -0.25) is 0 Å². The van der Waals surface area contributed by atoms with Gasteiger partial charge in [-0.15, -0.1) is 0 Å². The van der Waals surface area contributed by atoms with E-state index in [9.17, 15) is 0 Å². The Morgan fingerprint density at radius 2 is 2.05 bits per heavy atom. The predicted molar refractivity (Wildman–Crippen MR) is 82.9 cm³/mol. The fourth-order valence-corrected chi connectivity index (χ4v) is 2.24. The molecule has 1 aliphatic carbocycles. The molecule has 104 valence electrons. The van der Waals surface area contributed by atoms with Crippen LogP contribution in [0.2, 0.25) is 5.02 Å². The van der Waals surface area contributed by atoms with Crippen molar-refractivity contribution in [3.8, 4) is 0 Å². The Hall–Kier alpha value is -1.81. The first kappa shape index (κ1) is 13.2. The second-order valence-corrected chi connectivity index (χ2v) is 5.32. The smallest absolute Gasteiger partial charge is 0.224 e. The molecule has 4 nitrogen and oxygen atoms in total. The summed E-state index contributed by atoms with van der Waals surface area (Å²) in [4.78, 5) is 9.03. The Bertz CT molecular complexity index is 611. The minimum atomic E-state index is 0.585. The Morgan fingerprint density at radius 1 is 1.25 bits per heavy atom. The third kappa shape index (κ3) is 3.02. The van der Waals surface area contributed by atoms with Crippen LogP contribution in [0.3, 0.4) is 0 Å². The highest BCUT2D eigenvalue weighted by atomic mass is 35.5. The van der Waals surface area contributed by atoms with E-state index in [1.54, 1.807) is 0 Å². The number of aromatic nitrogens is 2. The van der Waals surface area contributed by atoms with Gasteiger partial charge in [-0.25, -0.2) is 4.98 Å². The van der Waals surface area contributed by atoms with Gasteiger partial charge in [-0.2, -0.15) is 4.98 Å². The summed E-state index contributed by atoms with van der Waals surface area (Å²) in [6.07, 6.45) is 2.43. The molecule has 0 bridgehead atoms. The second kappa shape index (κ2) is 5.67. The second-order valence-electron chi connectivity index (χ2n) is 4.91. The van der Waals surface area contributed by atoms with Crippen molar-refractivity contribution < 1.29 is 0 Å². The number of anilines is 3. The molecular formula is C15H17ClN4. The maximum absolute atomic E-state index is 6.17. The summed E-state index contributed by atoms with van der Waals surface area (Å²) in [6.45, 7) is 2.84. The van der Waals surface area contributed by atoms with Crippen LogP contribution >= 0.6 is 11.6 Å². The van der Waals surface area contributed by atoms with Crippen LogP contribution in [-0.2, 0) is 0 Å². The molecule has 1 heterocycles. The summed E-state index contributed by atoms with van der Waals surface area (Å²) >= 11 is 6.17. The predicted octanol–water partition coefficient (Wildman–Crippen LogP) is 4.18. The first-order valence-electron chi connectivity index (χ1n) is 6.90. The number of benzene rings is 1. The molecule has 0 saturated heterocycles. The summed E-state index contributed by atoms with van der Waals surface area (Å²) in [5.74, 6) is 2.04. The van der Waals surface area contributed by atoms with E-state index in [0.29, 0.717) is 16.9 Å². The zero-order chi connectivity index (χ0) is 13.9. The number of hydrogen-bond acceptors (Lipinski definition) is 4. The minimum absolute atomic E-state index is 0.585. The van der Waals surface area contributed by atoms with E-state index in [1.807, 2.05) is 37.3 Å². The van der Waals surface area contributed by atoms with Crippen molar-refractivity contribution in [3.63, 3.8) is 0 Å². The van der Waals surface area contributed by atoms with Crippen LogP contribution in [0.1, 0.15) is 31.4 Å². The molecule has 0 unspecified atom stereocenters. The molecule has 0 spiro atoms. The van der Waals surface area contributed by atoms with E-state index in [4.69, 9.17) is 11.6 Å². The van der Waals surface area contributed by atoms with Crippen molar-refractivity contribution in [2.75, 3.05) is 17.2 Å². The van der Waals surface area contributed by atoms with Gasteiger partial charge < -0.3 is 10.6 Å². The molecule has 0 aliphatic heterocycles. The van der Waals surface area contributed by atoms with Crippen molar-refractivity contribution in [2.24, 2.45) is 0 Å². The number of para-hydroxylation sites is 1. The zero-order valence-electron chi connectivity index (χ0n) is 11.4. The first-order valence-corrected chi connectivity index (χ1v) is 7.28. The van der Waals surface area contributed by atoms with Gasteiger partial charge in [0, 0.05) is 18.5 Å². The van der Waals surface area contributed by atoms with Crippen LogP contribution in [0.5, 0.6) is 0 Å². The standard InChI is InChI=1S/C15H17ClN4/c1-2-17-15-19-13(10-7-8-10)9-14(20-15)18-12-6-4-3-5-11(12)16/h3-6,9-10H,2,7-8H2,1H3,(H2,17,18,19,20). The lowest BCUT2D eigenvalue weighted by atomic mass is 10.2. The van der Waals surface area contributed by atoms with Crippen LogP contribution in [0.25, 0.3) is 0 Å². The van der Waals surface area contributed by atoms with E-state index in [1.165, 1.54) is 12.8 Å². The molecule has 0 radical (unpaired) electrons. The monoisotopic (exact) mass is 288 g/mol. The average Bonchev–Trinajstić information content (AvgIpc) is 3.26. The molecule has 1 saturated carbocycles. The topological polar surface area (TPSA) is 49.8 Å². The van der Waals surface area contributed by atoms with Crippen molar-refractivity contribution >= 4 is 29.1 Å². The summed E-state index contributed by atoms with van der Waals surface area (Å²) in [5.41, 5.74) is 1.96. The summed E-state index contributed by atoms with van der Waals surface area (Å²) in [7, 11) is 0. The lowest BCUT2D eigenvalue weighted by molar-refractivity contribution is 0.978. The highest BCUT2D eigenvalue weighted by molar-refractivity contribution is 6.33. The maximum Gasteiger partial charge on any atom is 0.224 e. The summed E-state index contributed by atoms with van der Waals surface area (Å²) in [5, 5.41) is 7.13. The highest BCUT2D eigenvalue weighted by Crippen LogP contribution is 2.40. The Balaban J connectivity index is 1.89. The molecule has 1 fully saturated rings. The van der Waals surface area contributed by atoms with Gasteiger partial charge in [0.1, 0.15) is 5.82 Å². The maximum atomic E-state index is 6.17. The highest BCUT2D eigenvalue weighted by Gasteiger charge is 2.26. The van der Waals surface area contributed by atoms with Crippen molar-refractivity contribution in [3.05, 3.63) is 41.0 Å². The van der Waals surface area contributed by atoms with E-state index < -0.39 is 0 Å². The Labute approximate surface area is 123 Å². The van der Waals surface area contributed by atoms with Gasteiger partial charge in [-0.1, -0.05) is 23.7 Å². The molecule has 1 aromatic heterocycles. The number of nitrogens with one attached hydrogen (secondary N) is 2. The molecule has 5 heteroatoms. The van der Waals surface area contributed by atoms with Gasteiger partial charge >= 0.3 is 0 Å².